The Kier molecular flexibility index (Phi) is 1.87. The van der Waals surface area contributed by atoms with Crippen LogP contribution in [0.25, 0.3) is 0 Å². The molecule has 0 aromatic heterocycles. The van der Waals surface area contributed by atoms with E-state index in [2.05, 4.69) is 0 Å². The molecule has 0 saturated carbocycles. The van der Waals surface area contributed by atoms with Crippen LogP contribution >= 0.6 is 0 Å². The minimum atomic E-state index is 0.537. The molecule has 64 valence electrons. The van der Waals surface area contributed by atoms with Crippen LogP contribution in [0, 0.1) is 5.41 Å². The summed E-state index contributed by atoms with van der Waals surface area (Å²) in [7, 11) is 1.75. The number of ether oxygens (including phenoxy) is 1. The van der Waals surface area contributed by atoms with Crippen LogP contribution in [-0.4, -0.2) is 38.5 Å². The van der Waals surface area contributed by atoms with E-state index in [-0.39, 0.29) is 0 Å². The van der Waals surface area contributed by atoms with E-state index in [1.54, 1.807) is 7.11 Å². The average Bonchev–Trinajstić information content (AvgIpc) is 2.02. The molecule has 2 aliphatic rings. The van der Waals surface area contributed by atoms with Crippen LogP contribution in [0.5, 0.6) is 0 Å². The van der Waals surface area contributed by atoms with Gasteiger partial charge >= 0.3 is 0 Å². The van der Waals surface area contributed by atoms with E-state index in [4.69, 9.17) is 9.57 Å². The van der Waals surface area contributed by atoms with Crippen LogP contribution in [-0.2, 0) is 9.57 Å². The van der Waals surface area contributed by atoms with Crippen molar-refractivity contribution in [1.82, 2.24) is 5.06 Å². The Morgan fingerprint density at radius 3 is 2.27 bits per heavy atom. The predicted molar refractivity (Wildman–Crippen MR) is 41.1 cm³/mol. The molecule has 0 unspecified atom stereocenters. The highest BCUT2D eigenvalue weighted by Crippen LogP contribution is 2.38. The third-order valence-corrected chi connectivity index (χ3v) is 2.86. The fourth-order valence-corrected chi connectivity index (χ4v) is 1.82. The second-order valence-electron chi connectivity index (χ2n) is 3.60. The summed E-state index contributed by atoms with van der Waals surface area (Å²) < 4.78 is 5.23. The second-order valence-corrected chi connectivity index (χ2v) is 3.60. The van der Waals surface area contributed by atoms with Gasteiger partial charge in [-0.2, -0.15) is 5.06 Å². The molecule has 0 N–H and O–H groups in total. The minimum Gasteiger partial charge on any atom is -0.380 e. The first-order valence-corrected chi connectivity index (χ1v) is 4.21. The molecule has 2 aliphatic heterocycles. The molecule has 2 rings (SSSR count). The van der Waals surface area contributed by atoms with Crippen molar-refractivity contribution in [2.45, 2.75) is 12.8 Å². The van der Waals surface area contributed by atoms with Crippen LogP contribution in [0.1, 0.15) is 12.8 Å². The smallest absolute Gasteiger partial charge is 0.0575 e. The van der Waals surface area contributed by atoms with Gasteiger partial charge in [0.2, 0.25) is 0 Å². The average molecular weight is 157 g/mol. The molecular formula is C8H15NO2. The van der Waals surface area contributed by atoms with Gasteiger partial charge in [-0.15, -0.1) is 0 Å². The number of hydrogen-bond acceptors (Lipinski definition) is 3. The van der Waals surface area contributed by atoms with Crippen molar-refractivity contribution in [3.63, 3.8) is 0 Å². The molecule has 0 atom stereocenters. The SMILES string of the molecule is CON1CCC2(CC1)COC2. The summed E-state index contributed by atoms with van der Waals surface area (Å²) in [5.74, 6) is 0. The van der Waals surface area contributed by atoms with Crippen LogP contribution in [0.2, 0.25) is 0 Å². The van der Waals surface area contributed by atoms with Gasteiger partial charge in [-0.1, -0.05) is 0 Å². The van der Waals surface area contributed by atoms with E-state index < -0.39 is 0 Å². The Morgan fingerprint density at radius 2 is 1.91 bits per heavy atom. The predicted octanol–water partition coefficient (Wildman–Crippen LogP) is 0.660. The molecule has 0 aromatic carbocycles. The molecule has 0 aromatic rings. The zero-order valence-electron chi connectivity index (χ0n) is 7.01. The van der Waals surface area contributed by atoms with E-state index in [1.807, 2.05) is 5.06 Å². The first kappa shape index (κ1) is 7.53. The first-order chi connectivity index (χ1) is 5.35. The maximum atomic E-state index is 5.23. The summed E-state index contributed by atoms with van der Waals surface area (Å²) in [5, 5.41) is 2.03. The third kappa shape index (κ3) is 1.28. The molecule has 1 spiro atoms. The molecule has 0 aliphatic carbocycles. The van der Waals surface area contributed by atoms with Gasteiger partial charge < -0.3 is 9.57 Å². The van der Waals surface area contributed by atoms with Crippen LogP contribution in [0.4, 0.5) is 0 Å². The molecule has 11 heavy (non-hydrogen) atoms. The molecule has 3 heteroatoms. The van der Waals surface area contributed by atoms with Gasteiger partial charge in [0, 0.05) is 18.5 Å². The summed E-state index contributed by atoms with van der Waals surface area (Å²) in [5.41, 5.74) is 0.537. The van der Waals surface area contributed by atoms with Gasteiger partial charge in [-0.25, -0.2) is 0 Å². The summed E-state index contributed by atoms with van der Waals surface area (Å²) >= 11 is 0. The quantitative estimate of drug-likeness (QED) is 0.558. The molecule has 0 bridgehead atoms. The number of piperidine rings is 1. The van der Waals surface area contributed by atoms with Gasteiger partial charge in [0.25, 0.3) is 0 Å². The minimum absolute atomic E-state index is 0.537. The standard InChI is InChI=1S/C8H15NO2/c1-10-9-4-2-8(3-5-9)6-11-7-8/h2-7H2,1H3. The Morgan fingerprint density at radius 1 is 1.27 bits per heavy atom. The maximum Gasteiger partial charge on any atom is 0.0575 e. The zero-order valence-corrected chi connectivity index (χ0v) is 7.01. The molecule has 3 nitrogen and oxygen atoms in total. The van der Waals surface area contributed by atoms with Gasteiger partial charge in [-0.3, -0.25) is 0 Å². The lowest BCUT2D eigenvalue weighted by Crippen LogP contribution is -2.50. The van der Waals surface area contributed by atoms with Crippen molar-refractivity contribution in [2.24, 2.45) is 5.41 Å². The van der Waals surface area contributed by atoms with Crippen molar-refractivity contribution in [1.29, 1.82) is 0 Å². The Bertz CT molecular complexity index is 135. The third-order valence-electron chi connectivity index (χ3n) is 2.86. The van der Waals surface area contributed by atoms with E-state index >= 15 is 0 Å². The van der Waals surface area contributed by atoms with Crippen LogP contribution in [0.3, 0.4) is 0 Å². The number of rotatable bonds is 1. The largest absolute Gasteiger partial charge is 0.380 e. The fourth-order valence-electron chi connectivity index (χ4n) is 1.82. The molecule has 2 saturated heterocycles. The molecule has 0 radical (unpaired) electrons. The van der Waals surface area contributed by atoms with E-state index in [0.717, 1.165) is 26.3 Å². The van der Waals surface area contributed by atoms with Crippen molar-refractivity contribution in [3.05, 3.63) is 0 Å². The number of nitrogens with zero attached hydrogens (tertiary/aromatic N) is 1. The maximum absolute atomic E-state index is 5.23. The summed E-state index contributed by atoms with van der Waals surface area (Å²) in [6.45, 7) is 4.09. The topological polar surface area (TPSA) is 21.7 Å². The molecule has 2 fully saturated rings. The Hall–Kier alpha value is -0.120. The Balaban J connectivity index is 1.84. The lowest BCUT2D eigenvalue weighted by atomic mass is 9.77. The van der Waals surface area contributed by atoms with Gasteiger partial charge in [0.05, 0.1) is 20.3 Å². The van der Waals surface area contributed by atoms with Gasteiger partial charge in [0.1, 0.15) is 0 Å². The van der Waals surface area contributed by atoms with Crippen molar-refractivity contribution in [2.75, 3.05) is 33.4 Å². The van der Waals surface area contributed by atoms with Gasteiger partial charge in [-0.05, 0) is 12.8 Å². The van der Waals surface area contributed by atoms with Gasteiger partial charge in [0.15, 0.2) is 0 Å². The van der Waals surface area contributed by atoms with Crippen molar-refractivity contribution in [3.8, 4) is 0 Å². The summed E-state index contributed by atoms with van der Waals surface area (Å²) in [6.07, 6.45) is 2.47. The lowest BCUT2D eigenvalue weighted by Gasteiger charge is -2.46. The van der Waals surface area contributed by atoms with Crippen molar-refractivity contribution < 1.29 is 9.57 Å². The van der Waals surface area contributed by atoms with E-state index in [1.165, 1.54) is 12.8 Å². The molecule has 2 heterocycles. The summed E-state index contributed by atoms with van der Waals surface area (Å²) in [4.78, 5) is 5.15. The first-order valence-electron chi connectivity index (χ1n) is 4.21. The lowest BCUT2D eigenvalue weighted by molar-refractivity contribution is -0.203. The highest BCUT2D eigenvalue weighted by atomic mass is 16.7. The second kappa shape index (κ2) is 2.73. The highest BCUT2D eigenvalue weighted by molar-refractivity contribution is 4.89. The van der Waals surface area contributed by atoms with Crippen molar-refractivity contribution >= 4 is 0 Å². The number of hydroxylamine groups is 2. The monoisotopic (exact) mass is 157 g/mol. The Labute approximate surface area is 67.2 Å². The zero-order chi connectivity index (χ0) is 7.73. The normalized spacial score (nSPS) is 30.3. The van der Waals surface area contributed by atoms with Crippen LogP contribution < -0.4 is 0 Å². The van der Waals surface area contributed by atoms with Crippen LogP contribution in [0.15, 0.2) is 0 Å². The van der Waals surface area contributed by atoms with E-state index in [9.17, 15) is 0 Å². The summed E-state index contributed by atoms with van der Waals surface area (Å²) in [6, 6.07) is 0. The van der Waals surface area contributed by atoms with E-state index in [0.29, 0.717) is 5.41 Å². The highest BCUT2D eigenvalue weighted by Gasteiger charge is 2.41. The number of hydrogen-bond donors (Lipinski definition) is 0. The molecular weight excluding hydrogens is 142 g/mol. The fraction of sp³-hybridized carbons (Fsp3) is 1.00. The molecule has 0 amide bonds.